The SMILES string of the molecule is NCCOCCCNC(=O)c1c(O)cccc1O. The number of rotatable bonds is 7. The lowest BCUT2D eigenvalue weighted by molar-refractivity contribution is 0.0937. The summed E-state index contributed by atoms with van der Waals surface area (Å²) in [6.45, 7) is 1.87. The Bertz CT molecular complexity index is 375. The van der Waals surface area contributed by atoms with Crippen molar-refractivity contribution in [1.29, 1.82) is 0 Å². The average Bonchev–Trinajstić information content (AvgIpc) is 2.33. The molecule has 6 nitrogen and oxygen atoms in total. The van der Waals surface area contributed by atoms with Gasteiger partial charge in [-0.2, -0.15) is 0 Å². The highest BCUT2D eigenvalue weighted by Gasteiger charge is 2.14. The van der Waals surface area contributed by atoms with Crippen LogP contribution in [0.5, 0.6) is 11.5 Å². The Labute approximate surface area is 105 Å². The Hall–Kier alpha value is -1.79. The summed E-state index contributed by atoms with van der Waals surface area (Å²) in [6, 6.07) is 4.15. The molecule has 1 rings (SSSR count). The van der Waals surface area contributed by atoms with Crippen LogP contribution in [0.4, 0.5) is 0 Å². The molecule has 6 heteroatoms. The summed E-state index contributed by atoms with van der Waals surface area (Å²) < 4.78 is 5.14. The first-order valence-corrected chi connectivity index (χ1v) is 5.73. The molecule has 0 fully saturated rings. The van der Waals surface area contributed by atoms with Gasteiger partial charge in [0, 0.05) is 19.7 Å². The van der Waals surface area contributed by atoms with Crippen LogP contribution in [0.3, 0.4) is 0 Å². The van der Waals surface area contributed by atoms with E-state index >= 15 is 0 Å². The van der Waals surface area contributed by atoms with Crippen LogP contribution in [0.2, 0.25) is 0 Å². The van der Waals surface area contributed by atoms with E-state index in [-0.39, 0.29) is 17.1 Å². The normalized spacial score (nSPS) is 10.3. The number of phenolic OH excluding ortho intramolecular Hbond substituents is 2. The van der Waals surface area contributed by atoms with E-state index in [1.165, 1.54) is 18.2 Å². The fourth-order valence-electron chi connectivity index (χ4n) is 1.41. The van der Waals surface area contributed by atoms with Gasteiger partial charge in [-0.1, -0.05) is 6.07 Å². The van der Waals surface area contributed by atoms with Gasteiger partial charge in [-0.3, -0.25) is 4.79 Å². The second-order valence-corrected chi connectivity index (χ2v) is 3.68. The maximum atomic E-state index is 11.7. The molecule has 5 N–H and O–H groups in total. The monoisotopic (exact) mass is 254 g/mol. The summed E-state index contributed by atoms with van der Waals surface area (Å²) >= 11 is 0. The molecule has 0 unspecified atom stereocenters. The molecule has 0 atom stereocenters. The first-order chi connectivity index (χ1) is 8.66. The number of nitrogens with two attached hydrogens (primary N) is 1. The van der Waals surface area contributed by atoms with E-state index in [1.807, 2.05) is 0 Å². The van der Waals surface area contributed by atoms with Crippen molar-refractivity contribution >= 4 is 5.91 Å². The van der Waals surface area contributed by atoms with Crippen molar-refractivity contribution in [3.63, 3.8) is 0 Å². The Morgan fingerprint density at radius 2 is 1.94 bits per heavy atom. The number of aromatic hydroxyl groups is 2. The predicted molar refractivity (Wildman–Crippen MR) is 66.6 cm³/mol. The minimum absolute atomic E-state index is 0.111. The number of carbonyl (C=O) groups is 1. The van der Waals surface area contributed by atoms with Crippen molar-refractivity contribution in [2.24, 2.45) is 5.73 Å². The Kier molecular flexibility index (Phi) is 5.96. The molecule has 1 aromatic rings. The summed E-state index contributed by atoms with van der Waals surface area (Å²) in [4.78, 5) is 11.7. The number of nitrogens with one attached hydrogen (secondary N) is 1. The lowest BCUT2D eigenvalue weighted by Crippen LogP contribution is -2.25. The van der Waals surface area contributed by atoms with Crippen LogP contribution in [-0.2, 0) is 4.74 Å². The first kappa shape index (κ1) is 14.3. The van der Waals surface area contributed by atoms with Crippen molar-refractivity contribution in [2.75, 3.05) is 26.3 Å². The highest BCUT2D eigenvalue weighted by molar-refractivity contribution is 5.99. The molecule has 0 spiro atoms. The van der Waals surface area contributed by atoms with Gasteiger partial charge in [-0.05, 0) is 18.6 Å². The van der Waals surface area contributed by atoms with Crippen LogP contribution >= 0.6 is 0 Å². The average molecular weight is 254 g/mol. The van der Waals surface area contributed by atoms with Gasteiger partial charge in [-0.15, -0.1) is 0 Å². The van der Waals surface area contributed by atoms with Gasteiger partial charge in [0.05, 0.1) is 6.61 Å². The molecule has 0 radical (unpaired) electrons. The van der Waals surface area contributed by atoms with Crippen molar-refractivity contribution in [2.45, 2.75) is 6.42 Å². The fraction of sp³-hybridized carbons (Fsp3) is 0.417. The van der Waals surface area contributed by atoms with Crippen molar-refractivity contribution in [3.05, 3.63) is 23.8 Å². The molecule has 0 saturated carbocycles. The van der Waals surface area contributed by atoms with Crippen LogP contribution in [0.25, 0.3) is 0 Å². The number of ether oxygens (including phenoxy) is 1. The fourth-order valence-corrected chi connectivity index (χ4v) is 1.41. The third-order valence-electron chi connectivity index (χ3n) is 2.26. The van der Waals surface area contributed by atoms with Crippen molar-refractivity contribution in [3.8, 4) is 11.5 Å². The number of benzene rings is 1. The summed E-state index contributed by atoms with van der Waals surface area (Å²) in [5, 5.41) is 21.5. The molecule has 18 heavy (non-hydrogen) atoms. The van der Waals surface area contributed by atoms with Gasteiger partial charge >= 0.3 is 0 Å². The number of phenols is 2. The summed E-state index contributed by atoms with van der Waals surface area (Å²) in [7, 11) is 0. The van der Waals surface area contributed by atoms with E-state index in [4.69, 9.17) is 10.5 Å². The Morgan fingerprint density at radius 1 is 1.28 bits per heavy atom. The van der Waals surface area contributed by atoms with Gasteiger partial charge in [0.15, 0.2) is 0 Å². The molecule has 0 saturated heterocycles. The lowest BCUT2D eigenvalue weighted by atomic mass is 10.1. The smallest absolute Gasteiger partial charge is 0.258 e. The zero-order chi connectivity index (χ0) is 13.4. The summed E-state index contributed by atoms with van der Waals surface area (Å²) in [6.07, 6.45) is 0.639. The minimum Gasteiger partial charge on any atom is -0.507 e. The maximum Gasteiger partial charge on any atom is 0.258 e. The molecule has 0 aromatic heterocycles. The number of hydrogen-bond acceptors (Lipinski definition) is 5. The van der Waals surface area contributed by atoms with Crippen LogP contribution in [0, 0.1) is 0 Å². The number of hydrogen-bond donors (Lipinski definition) is 4. The van der Waals surface area contributed by atoms with Gasteiger partial charge in [0.2, 0.25) is 0 Å². The largest absolute Gasteiger partial charge is 0.507 e. The molecule has 0 aliphatic carbocycles. The molecule has 0 aliphatic heterocycles. The molecule has 0 bridgehead atoms. The van der Waals surface area contributed by atoms with E-state index in [1.54, 1.807) is 0 Å². The number of amides is 1. The quantitative estimate of drug-likeness (QED) is 0.520. The molecule has 0 heterocycles. The third-order valence-corrected chi connectivity index (χ3v) is 2.26. The standard InChI is InChI=1S/C12H18N2O4/c13-5-8-18-7-2-6-14-12(17)11-9(15)3-1-4-10(11)16/h1,3-4,15-16H,2,5-8,13H2,(H,14,17). The van der Waals surface area contributed by atoms with Crippen LogP contribution in [0.1, 0.15) is 16.8 Å². The van der Waals surface area contributed by atoms with Crippen LogP contribution in [-0.4, -0.2) is 42.4 Å². The first-order valence-electron chi connectivity index (χ1n) is 5.73. The van der Waals surface area contributed by atoms with E-state index in [9.17, 15) is 15.0 Å². The van der Waals surface area contributed by atoms with E-state index < -0.39 is 5.91 Å². The van der Waals surface area contributed by atoms with Crippen molar-refractivity contribution in [1.82, 2.24) is 5.32 Å². The van der Waals surface area contributed by atoms with Crippen LogP contribution in [0.15, 0.2) is 18.2 Å². The van der Waals surface area contributed by atoms with Crippen LogP contribution < -0.4 is 11.1 Å². The van der Waals surface area contributed by atoms with Gasteiger partial charge in [0.1, 0.15) is 17.1 Å². The lowest BCUT2D eigenvalue weighted by Gasteiger charge is -2.08. The topological polar surface area (TPSA) is 105 Å². The second-order valence-electron chi connectivity index (χ2n) is 3.68. The third kappa shape index (κ3) is 4.23. The maximum absolute atomic E-state index is 11.7. The van der Waals surface area contributed by atoms with E-state index in [0.29, 0.717) is 32.7 Å². The van der Waals surface area contributed by atoms with E-state index in [0.717, 1.165) is 0 Å². The predicted octanol–water partition coefficient (Wildman–Crippen LogP) is 0.193. The zero-order valence-corrected chi connectivity index (χ0v) is 10.1. The zero-order valence-electron chi connectivity index (χ0n) is 10.1. The molecular formula is C12H18N2O4. The van der Waals surface area contributed by atoms with Crippen molar-refractivity contribution < 1.29 is 19.7 Å². The number of carbonyl (C=O) groups excluding carboxylic acids is 1. The van der Waals surface area contributed by atoms with E-state index in [2.05, 4.69) is 5.32 Å². The second kappa shape index (κ2) is 7.52. The van der Waals surface area contributed by atoms with Gasteiger partial charge < -0.3 is 26.0 Å². The highest BCUT2D eigenvalue weighted by atomic mass is 16.5. The Balaban J connectivity index is 2.37. The highest BCUT2D eigenvalue weighted by Crippen LogP contribution is 2.25. The minimum atomic E-state index is -0.510. The van der Waals surface area contributed by atoms with Gasteiger partial charge in [0.25, 0.3) is 5.91 Å². The van der Waals surface area contributed by atoms with Gasteiger partial charge in [-0.25, -0.2) is 0 Å². The molecule has 0 aliphatic rings. The Morgan fingerprint density at radius 3 is 2.56 bits per heavy atom. The summed E-state index contributed by atoms with van der Waals surface area (Å²) in [5.41, 5.74) is 5.14. The summed E-state index contributed by atoms with van der Waals surface area (Å²) in [5.74, 6) is -0.997. The molecular weight excluding hydrogens is 236 g/mol. The molecule has 100 valence electrons. The molecule has 1 aromatic carbocycles. The molecule has 1 amide bonds.